The molecule has 0 unspecified atom stereocenters. The molecule has 7 nitrogen and oxygen atoms in total. The fourth-order valence-electron chi connectivity index (χ4n) is 4.35. The van der Waals surface area contributed by atoms with Gasteiger partial charge in [-0.25, -0.2) is 4.98 Å². The molecule has 2 aromatic carbocycles. The van der Waals surface area contributed by atoms with Gasteiger partial charge >= 0.3 is 6.36 Å². The summed E-state index contributed by atoms with van der Waals surface area (Å²) in [6.07, 6.45) is -1.52. The van der Waals surface area contributed by atoms with Crippen molar-refractivity contribution in [3.63, 3.8) is 0 Å². The van der Waals surface area contributed by atoms with Crippen LogP contribution in [0, 0.1) is 0 Å². The van der Waals surface area contributed by atoms with Gasteiger partial charge < -0.3 is 20.3 Å². The average Bonchev–Trinajstić information content (AvgIpc) is 2.79. The number of para-hydroxylation sites is 1. The Labute approximate surface area is 201 Å². The van der Waals surface area contributed by atoms with Crippen molar-refractivity contribution in [1.82, 2.24) is 15.3 Å². The molecular weight excluding hydrogens is 459 g/mol. The number of alkyl halides is 3. The molecule has 0 saturated heterocycles. The van der Waals surface area contributed by atoms with Crippen LogP contribution in [0.4, 0.5) is 24.9 Å². The number of benzene rings is 2. The first-order valence-corrected chi connectivity index (χ1v) is 11.5. The second-order valence-corrected chi connectivity index (χ2v) is 8.91. The summed E-state index contributed by atoms with van der Waals surface area (Å²) < 4.78 is 41.2. The number of carbonyl (C=O) groups is 1. The number of nitrogens with zero attached hydrogens (tertiary/aromatic N) is 3. The van der Waals surface area contributed by atoms with E-state index in [1.54, 1.807) is 6.07 Å². The Morgan fingerprint density at radius 2 is 1.74 bits per heavy atom. The van der Waals surface area contributed by atoms with E-state index in [4.69, 9.17) is 4.98 Å². The smallest absolute Gasteiger partial charge is 0.406 e. The van der Waals surface area contributed by atoms with E-state index >= 15 is 0 Å². The molecule has 1 amide bonds. The van der Waals surface area contributed by atoms with Gasteiger partial charge in [-0.1, -0.05) is 24.3 Å². The van der Waals surface area contributed by atoms with Crippen LogP contribution in [0.25, 0.3) is 10.9 Å². The molecule has 1 aliphatic rings. The highest BCUT2D eigenvalue weighted by molar-refractivity contribution is 5.90. The lowest BCUT2D eigenvalue weighted by Crippen LogP contribution is -2.40. The molecule has 1 fully saturated rings. The molecular formula is C25H28F3N5O2. The van der Waals surface area contributed by atoms with E-state index in [1.807, 2.05) is 43.3 Å². The summed E-state index contributed by atoms with van der Waals surface area (Å²) in [5.41, 5.74) is 1.34. The minimum absolute atomic E-state index is 0.00845. The summed E-state index contributed by atoms with van der Waals surface area (Å²) in [5, 5.41) is 7.43. The third-order valence-corrected chi connectivity index (χ3v) is 5.93. The third kappa shape index (κ3) is 6.74. The van der Waals surface area contributed by atoms with Crippen molar-refractivity contribution in [3.8, 4) is 5.75 Å². The second-order valence-electron chi connectivity index (χ2n) is 8.91. The number of ether oxygens (including phenoxy) is 1. The number of hydrogen-bond acceptors (Lipinski definition) is 6. The van der Waals surface area contributed by atoms with Crippen LogP contribution in [0.15, 0.2) is 48.5 Å². The molecule has 0 radical (unpaired) electrons. The monoisotopic (exact) mass is 487 g/mol. The highest BCUT2D eigenvalue weighted by Crippen LogP contribution is 2.27. The maximum Gasteiger partial charge on any atom is 0.573 e. The first kappa shape index (κ1) is 24.6. The van der Waals surface area contributed by atoms with Gasteiger partial charge in [0, 0.05) is 31.6 Å². The predicted molar refractivity (Wildman–Crippen MR) is 129 cm³/mol. The third-order valence-electron chi connectivity index (χ3n) is 5.93. The Morgan fingerprint density at radius 3 is 2.46 bits per heavy atom. The summed E-state index contributed by atoms with van der Waals surface area (Å²) in [7, 11) is 3.90. The van der Waals surface area contributed by atoms with Gasteiger partial charge in [-0.3, -0.25) is 4.79 Å². The molecule has 1 saturated carbocycles. The van der Waals surface area contributed by atoms with E-state index in [0.29, 0.717) is 11.5 Å². The molecule has 2 N–H and O–H groups in total. The van der Waals surface area contributed by atoms with E-state index in [0.717, 1.165) is 42.4 Å². The van der Waals surface area contributed by atoms with E-state index in [-0.39, 0.29) is 30.2 Å². The summed E-state index contributed by atoms with van der Waals surface area (Å²) in [6, 6.07) is 13.6. The molecule has 10 heteroatoms. The van der Waals surface area contributed by atoms with Gasteiger partial charge in [0.1, 0.15) is 11.6 Å². The van der Waals surface area contributed by atoms with Gasteiger partial charge in [-0.15, -0.1) is 13.2 Å². The van der Waals surface area contributed by atoms with E-state index in [1.165, 1.54) is 18.2 Å². The van der Waals surface area contributed by atoms with Crippen molar-refractivity contribution in [2.24, 2.45) is 0 Å². The van der Waals surface area contributed by atoms with Gasteiger partial charge in [-0.05, 0) is 55.5 Å². The van der Waals surface area contributed by atoms with Crippen molar-refractivity contribution >= 4 is 28.6 Å². The largest absolute Gasteiger partial charge is 0.573 e. The van der Waals surface area contributed by atoms with Crippen LogP contribution < -0.4 is 20.3 Å². The number of halogens is 3. The average molecular weight is 488 g/mol. The fourth-order valence-corrected chi connectivity index (χ4v) is 4.35. The highest BCUT2D eigenvalue weighted by atomic mass is 19.4. The zero-order chi connectivity index (χ0) is 25.0. The lowest BCUT2D eigenvalue weighted by Gasteiger charge is -2.30. The molecule has 35 heavy (non-hydrogen) atoms. The zero-order valence-corrected chi connectivity index (χ0v) is 19.6. The number of aromatic nitrogens is 2. The van der Waals surface area contributed by atoms with Crippen LogP contribution in [-0.4, -0.2) is 48.4 Å². The molecule has 0 bridgehead atoms. The van der Waals surface area contributed by atoms with Crippen LogP contribution in [0.5, 0.6) is 5.75 Å². The van der Waals surface area contributed by atoms with Crippen molar-refractivity contribution in [3.05, 3.63) is 54.1 Å². The van der Waals surface area contributed by atoms with Crippen LogP contribution >= 0.6 is 0 Å². The van der Waals surface area contributed by atoms with Gasteiger partial charge in [0.2, 0.25) is 11.9 Å². The number of amides is 1. The lowest BCUT2D eigenvalue weighted by atomic mass is 9.91. The molecule has 0 aliphatic heterocycles. The molecule has 0 spiro atoms. The van der Waals surface area contributed by atoms with Crippen molar-refractivity contribution in [1.29, 1.82) is 0 Å². The highest BCUT2D eigenvalue weighted by Gasteiger charge is 2.31. The molecule has 1 aromatic heterocycles. The number of nitrogens with one attached hydrogen (secondary N) is 2. The maximum atomic E-state index is 12.5. The fraction of sp³-hybridized carbons (Fsp3) is 0.400. The van der Waals surface area contributed by atoms with Crippen molar-refractivity contribution in [2.75, 3.05) is 24.3 Å². The van der Waals surface area contributed by atoms with Crippen LogP contribution in [0.1, 0.15) is 31.2 Å². The van der Waals surface area contributed by atoms with E-state index in [2.05, 4.69) is 20.4 Å². The number of fused-ring (bicyclic) bond motifs is 1. The lowest BCUT2D eigenvalue weighted by molar-refractivity contribution is -0.274. The number of anilines is 2. The SMILES string of the molecule is CN(C)c1nc(NC2CCC(NC(=O)Cc3cccc(OC(F)(F)F)c3)CC2)nc2ccccc12. The molecule has 1 heterocycles. The van der Waals surface area contributed by atoms with Crippen LogP contribution in [0.3, 0.4) is 0 Å². The second kappa shape index (κ2) is 10.4. The molecule has 1 aliphatic carbocycles. The number of carbonyl (C=O) groups excluding carboxylic acids is 1. The maximum absolute atomic E-state index is 12.5. The van der Waals surface area contributed by atoms with Crippen molar-refractivity contribution < 1.29 is 22.7 Å². The Balaban J connectivity index is 1.29. The Kier molecular flexibility index (Phi) is 7.28. The minimum Gasteiger partial charge on any atom is -0.406 e. The van der Waals surface area contributed by atoms with Crippen molar-refractivity contribution in [2.45, 2.75) is 50.6 Å². The Morgan fingerprint density at radius 1 is 1.03 bits per heavy atom. The molecule has 4 rings (SSSR count). The van der Waals surface area contributed by atoms with Gasteiger partial charge in [-0.2, -0.15) is 4.98 Å². The first-order chi connectivity index (χ1) is 16.7. The van der Waals surface area contributed by atoms with Gasteiger partial charge in [0.15, 0.2) is 0 Å². The van der Waals surface area contributed by atoms with Crippen LogP contribution in [0.2, 0.25) is 0 Å². The van der Waals surface area contributed by atoms with Gasteiger partial charge in [0.25, 0.3) is 0 Å². The molecule has 186 valence electrons. The quantitative estimate of drug-likeness (QED) is 0.504. The standard InChI is InChI=1S/C25H28F3N5O2/c1-33(2)23-20-8-3-4-9-21(20)31-24(32-23)30-18-12-10-17(11-13-18)29-22(34)15-16-6-5-7-19(14-16)35-25(26,27)28/h3-9,14,17-18H,10-13,15H2,1-2H3,(H,29,34)(H,30,31,32). The number of hydrogen-bond donors (Lipinski definition) is 2. The summed E-state index contributed by atoms with van der Waals surface area (Å²) in [6.45, 7) is 0. The normalized spacial score (nSPS) is 18.2. The summed E-state index contributed by atoms with van der Waals surface area (Å²) >= 11 is 0. The molecule has 3 aromatic rings. The summed E-state index contributed by atoms with van der Waals surface area (Å²) in [4.78, 5) is 23.8. The molecule has 0 atom stereocenters. The van der Waals surface area contributed by atoms with E-state index in [9.17, 15) is 18.0 Å². The Hall–Kier alpha value is -3.56. The predicted octanol–water partition coefficient (Wildman–Crippen LogP) is 4.68. The van der Waals surface area contributed by atoms with Crippen LogP contribution in [-0.2, 0) is 11.2 Å². The zero-order valence-electron chi connectivity index (χ0n) is 19.6. The number of rotatable bonds is 7. The topological polar surface area (TPSA) is 79.4 Å². The first-order valence-electron chi connectivity index (χ1n) is 11.5. The van der Waals surface area contributed by atoms with E-state index < -0.39 is 6.36 Å². The Bertz CT molecular complexity index is 1180. The van der Waals surface area contributed by atoms with Gasteiger partial charge in [0.05, 0.1) is 11.9 Å². The summed E-state index contributed by atoms with van der Waals surface area (Å²) in [5.74, 6) is 0.881. The minimum atomic E-state index is -4.76.